The molecule has 0 aliphatic rings. The van der Waals surface area contributed by atoms with Gasteiger partial charge in [-0.2, -0.15) is 0 Å². The van der Waals surface area contributed by atoms with E-state index in [1.165, 1.54) is 19.1 Å². The van der Waals surface area contributed by atoms with Crippen LogP contribution in [0.1, 0.15) is 25.3 Å². The Kier molecular flexibility index (Phi) is 5.86. The van der Waals surface area contributed by atoms with Crippen LogP contribution in [0.4, 0.5) is 5.69 Å². The number of aliphatic carboxylic acids is 1. The Morgan fingerprint density at radius 2 is 1.95 bits per heavy atom. The molecule has 8 heteroatoms. The fraction of sp³-hybridized carbons (Fsp3) is 0.385. The van der Waals surface area contributed by atoms with Gasteiger partial charge in [0, 0.05) is 25.6 Å². The van der Waals surface area contributed by atoms with Crippen LogP contribution in [-0.4, -0.2) is 31.9 Å². The minimum Gasteiger partial charge on any atom is -0.481 e. The van der Waals surface area contributed by atoms with E-state index in [2.05, 4.69) is 10.0 Å². The Balaban J connectivity index is 2.83. The highest BCUT2D eigenvalue weighted by Gasteiger charge is 2.15. The molecule has 0 bridgehead atoms. The fourth-order valence-corrected chi connectivity index (χ4v) is 2.72. The first-order valence-electron chi connectivity index (χ1n) is 6.32. The van der Waals surface area contributed by atoms with Gasteiger partial charge >= 0.3 is 5.97 Å². The van der Waals surface area contributed by atoms with Crippen molar-refractivity contribution in [2.24, 2.45) is 0 Å². The van der Waals surface area contributed by atoms with Crippen LogP contribution in [0.25, 0.3) is 0 Å². The van der Waals surface area contributed by atoms with Crippen LogP contribution in [0, 0.1) is 6.92 Å². The topological polar surface area (TPSA) is 113 Å². The molecule has 0 saturated carbocycles. The molecule has 1 rings (SSSR count). The number of carbonyl (C=O) groups excluding carboxylic acids is 1. The molecule has 7 nitrogen and oxygen atoms in total. The normalized spacial score (nSPS) is 11.1. The third kappa shape index (κ3) is 5.52. The smallest absolute Gasteiger partial charge is 0.303 e. The standard InChI is InChI=1S/C13H18N2O5S/c1-9-5-6-11(8-12(9)15-10(2)16)21(19,20)14-7-3-4-13(17)18/h5-6,8,14H,3-4,7H2,1-2H3,(H,15,16)(H,17,18). The maximum absolute atomic E-state index is 12.1. The van der Waals surface area contributed by atoms with Gasteiger partial charge in [-0.25, -0.2) is 13.1 Å². The molecule has 0 aliphatic heterocycles. The molecule has 0 heterocycles. The number of aryl methyl sites for hydroxylation is 1. The summed E-state index contributed by atoms with van der Waals surface area (Å²) in [7, 11) is -3.73. The maximum Gasteiger partial charge on any atom is 0.303 e. The molecule has 0 aromatic heterocycles. The lowest BCUT2D eigenvalue weighted by Gasteiger charge is -2.10. The molecule has 21 heavy (non-hydrogen) atoms. The third-order valence-corrected chi connectivity index (χ3v) is 4.15. The number of hydrogen-bond acceptors (Lipinski definition) is 4. The highest BCUT2D eigenvalue weighted by Crippen LogP contribution is 2.20. The van der Waals surface area contributed by atoms with Gasteiger partial charge in [0.05, 0.1) is 4.90 Å². The second-order valence-electron chi connectivity index (χ2n) is 4.55. The summed E-state index contributed by atoms with van der Waals surface area (Å²) in [6.07, 6.45) is 0.104. The van der Waals surface area contributed by atoms with E-state index in [4.69, 9.17) is 5.11 Å². The number of rotatable bonds is 7. The number of carbonyl (C=O) groups is 2. The average molecular weight is 314 g/mol. The summed E-state index contributed by atoms with van der Waals surface area (Å²) in [6, 6.07) is 4.40. The zero-order valence-electron chi connectivity index (χ0n) is 11.8. The van der Waals surface area contributed by atoms with E-state index < -0.39 is 16.0 Å². The molecule has 0 saturated heterocycles. The predicted molar refractivity (Wildman–Crippen MR) is 77.5 cm³/mol. The Labute approximate surface area is 123 Å². The minimum absolute atomic E-state index is 0.0205. The Morgan fingerprint density at radius 3 is 2.52 bits per heavy atom. The van der Waals surface area contributed by atoms with Crippen molar-refractivity contribution >= 4 is 27.6 Å². The zero-order chi connectivity index (χ0) is 16.0. The van der Waals surface area contributed by atoms with Crippen LogP contribution < -0.4 is 10.0 Å². The number of benzene rings is 1. The molecule has 1 amide bonds. The number of carboxylic acid groups (broad SMARTS) is 1. The van der Waals surface area contributed by atoms with Gasteiger partial charge in [-0.1, -0.05) is 6.07 Å². The van der Waals surface area contributed by atoms with Crippen molar-refractivity contribution in [1.82, 2.24) is 4.72 Å². The van der Waals surface area contributed by atoms with Crippen molar-refractivity contribution in [3.63, 3.8) is 0 Å². The number of amides is 1. The summed E-state index contributed by atoms with van der Waals surface area (Å²) in [5, 5.41) is 11.1. The zero-order valence-corrected chi connectivity index (χ0v) is 12.7. The summed E-state index contributed by atoms with van der Waals surface area (Å²) in [6.45, 7) is 3.13. The molecule has 3 N–H and O–H groups in total. The van der Waals surface area contributed by atoms with Gasteiger partial charge in [0.1, 0.15) is 0 Å². The van der Waals surface area contributed by atoms with Crippen molar-refractivity contribution in [2.75, 3.05) is 11.9 Å². The van der Waals surface area contributed by atoms with E-state index in [0.29, 0.717) is 5.69 Å². The minimum atomic E-state index is -3.73. The van der Waals surface area contributed by atoms with E-state index in [9.17, 15) is 18.0 Å². The summed E-state index contributed by atoms with van der Waals surface area (Å²) < 4.78 is 26.4. The second-order valence-corrected chi connectivity index (χ2v) is 6.32. The number of carboxylic acids is 1. The lowest BCUT2D eigenvalue weighted by atomic mass is 10.2. The molecule has 1 aromatic carbocycles. The van der Waals surface area contributed by atoms with Crippen LogP contribution >= 0.6 is 0 Å². The van der Waals surface area contributed by atoms with Gasteiger partial charge in [0.15, 0.2) is 0 Å². The van der Waals surface area contributed by atoms with Gasteiger partial charge in [-0.15, -0.1) is 0 Å². The predicted octanol–water partition coefficient (Wildman–Crippen LogP) is 1.10. The average Bonchev–Trinajstić information content (AvgIpc) is 2.36. The quantitative estimate of drug-likeness (QED) is 0.652. The monoisotopic (exact) mass is 314 g/mol. The van der Waals surface area contributed by atoms with E-state index in [1.807, 2.05) is 0 Å². The molecular weight excluding hydrogens is 296 g/mol. The second kappa shape index (κ2) is 7.19. The maximum atomic E-state index is 12.1. The Hall–Kier alpha value is -1.93. The highest BCUT2D eigenvalue weighted by atomic mass is 32.2. The molecule has 1 aromatic rings. The van der Waals surface area contributed by atoms with Gasteiger partial charge in [-0.3, -0.25) is 9.59 Å². The number of hydrogen-bond donors (Lipinski definition) is 3. The van der Waals surface area contributed by atoms with Gasteiger partial charge < -0.3 is 10.4 Å². The van der Waals surface area contributed by atoms with Crippen LogP contribution in [0.15, 0.2) is 23.1 Å². The lowest BCUT2D eigenvalue weighted by molar-refractivity contribution is -0.137. The first-order chi connectivity index (χ1) is 9.72. The summed E-state index contributed by atoms with van der Waals surface area (Å²) in [4.78, 5) is 21.5. The van der Waals surface area contributed by atoms with Crippen LogP contribution in [0.3, 0.4) is 0 Å². The molecule has 0 unspecified atom stereocenters. The van der Waals surface area contributed by atoms with Gasteiger partial charge in [0.2, 0.25) is 15.9 Å². The van der Waals surface area contributed by atoms with Crippen LogP contribution in [0.5, 0.6) is 0 Å². The summed E-state index contributed by atoms with van der Waals surface area (Å²) in [5.74, 6) is -1.26. The number of anilines is 1. The van der Waals surface area contributed by atoms with Crippen molar-refractivity contribution < 1.29 is 23.1 Å². The first-order valence-corrected chi connectivity index (χ1v) is 7.80. The molecule has 0 aliphatic carbocycles. The van der Waals surface area contributed by atoms with Crippen molar-refractivity contribution in [3.05, 3.63) is 23.8 Å². The van der Waals surface area contributed by atoms with Crippen molar-refractivity contribution in [1.29, 1.82) is 0 Å². The van der Waals surface area contributed by atoms with E-state index in [0.717, 1.165) is 5.56 Å². The molecule has 0 atom stereocenters. The number of sulfonamides is 1. The Bertz CT molecular complexity index is 640. The van der Waals surface area contributed by atoms with E-state index in [-0.39, 0.29) is 30.2 Å². The molecular formula is C13H18N2O5S. The van der Waals surface area contributed by atoms with Crippen LogP contribution in [0.2, 0.25) is 0 Å². The number of nitrogens with one attached hydrogen (secondary N) is 2. The van der Waals surface area contributed by atoms with Gasteiger partial charge in [0.25, 0.3) is 0 Å². The fourth-order valence-electron chi connectivity index (χ4n) is 1.62. The Morgan fingerprint density at radius 1 is 1.29 bits per heavy atom. The first kappa shape index (κ1) is 17.1. The molecule has 116 valence electrons. The van der Waals surface area contributed by atoms with Crippen molar-refractivity contribution in [3.8, 4) is 0 Å². The van der Waals surface area contributed by atoms with E-state index >= 15 is 0 Å². The molecule has 0 spiro atoms. The van der Waals surface area contributed by atoms with Gasteiger partial charge in [-0.05, 0) is 31.0 Å². The summed E-state index contributed by atoms with van der Waals surface area (Å²) >= 11 is 0. The lowest BCUT2D eigenvalue weighted by Crippen LogP contribution is -2.25. The summed E-state index contributed by atoms with van der Waals surface area (Å²) in [5.41, 5.74) is 1.17. The third-order valence-electron chi connectivity index (χ3n) is 2.69. The largest absolute Gasteiger partial charge is 0.481 e. The SMILES string of the molecule is CC(=O)Nc1cc(S(=O)(=O)NCCCC(=O)O)ccc1C. The molecule has 0 fully saturated rings. The van der Waals surface area contributed by atoms with Crippen LogP contribution in [-0.2, 0) is 19.6 Å². The highest BCUT2D eigenvalue weighted by molar-refractivity contribution is 7.89. The van der Waals surface area contributed by atoms with E-state index in [1.54, 1.807) is 13.0 Å². The molecule has 0 radical (unpaired) electrons. The van der Waals surface area contributed by atoms with Crippen molar-refractivity contribution in [2.45, 2.75) is 31.6 Å².